The Labute approximate surface area is 112 Å². The third-order valence-corrected chi connectivity index (χ3v) is 2.67. The van der Waals surface area contributed by atoms with Gasteiger partial charge in [0.05, 0.1) is 5.56 Å². The lowest BCUT2D eigenvalue weighted by molar-refractivity contribution is -0.137. The molecule has 0 unspecified atom stereocenters. The van der Waals surface area contributed by atoms with Crippen molar-refractivity contribution >= 4 is 0 Å². The largest absolute Gasteiger partial charge is 0.416 e. The molecule has 0 saturated heterocycles. The van der Waals surface area contributed by atoms with Gasteiger partial charge in [0.15, 0.2) is 0 Å². The summed E-state index contributed by atoms with van der Waals surface area (Å²) in [5, 5.41) is 6.43. The zero-order valence-corrected chi connectivity index (χ0v) is 11.3. The van der Waals surface area contributed by atoms with E-state index in [1.807, 2.05) is 0 Å². The van der Waals surface area contributed by atoms with Gasteiger partial charge in [0.1, 0.15) is 0 Å². The Morgan fingerprint density at radius 1 is 1.16 bits per heavy atom. The summed E-state index contributed by atoms with van der Waals surface area (Å²) >= 11 is 0. The molecule has 0 bridgehead atoms. The quantitative estimate of drug-likeness (QED) is 0.746. The van der Waals surface area contributed by atoms with Crippen LogP contribution < -0.4 is 10.6 Å². The Hall–Kier alpha value is -1.07. The van der Waals surface area contributed by atoms with Crippen LogP contribution in [0.3, 0.4) is 0 Å². The zero-order valence-electron chi connectivity index (χ0n) is 11.3. The molecule has 19 heavy (non-hydrogen) atoms. The molecule has 108 valence electrons. The van der Waals surface area contributed by atoms with Crippen LogP contribution in [0, 0.1) is 0 Å². The highest BCUT2D eigenvalue weighted by atomic mass is 19.4. The Morgan fingerprint density at radius 3 is 2.53 bits per heavy atom. The van der Waals surface area contributed by atoms with Gasteiger partial charge in [0.25, 0.3) is 0 Å². The van der Waals surface area contributed by atoms with E-state index in [-0.39, 0.29) is 0 Å². The molecule has 0 radical (unpaired) electrons. The second-order valence-electron chi connectivity index (χ2n) is 4.84. The van der Waals surface area contributed by atoms with Crippen molar-refractivity contribution in [3.05, 3.63) is 35.4 Å². The lowest BCUT2D eigenvalue weighted by atomic mass is 10.1. The molecule has 0 aliphatic rings. The van der Waals surface area contributed by atoms with E-state index in [0.717, 1.165) is 25.6 Å². The minimum absolute atomic E-state index is 0.462. The molecule has 0 atom stereocenters. The standard InChI is InChI=1S/C14H21F3N2/c1-11(2)19-8-4-7-18-10-12-5-3-6-13(9-12)14(15,16)17/h3,5-6,9,11,18-19H,4,7-8,10H2,1-2H3. The van der Waals surface area contributed by atoms with Crippen LogP contribution >= 0.6 is 0 Å². The molecular weight excluding hydrogens is 253 g/mol. The van der Waals surface area contributed by atoms with Crippen molar-refractivity contribution in [3.63, 3.8) is 0 Å². The number of nitrogens with one attached hydrogen (secondary N) is 2. The van der Waals surface area contributed by atoms with Crippen molar-refractivity contribution in [2.45, 2.75) is 39.0 Å². The number of hydrogen-bond acceptors (Lipinski definition) is 2. The summed E-state index contributed by atoms with van der Waals surface area (Å²) in [7, 11) is 0. The molecule has 5 heteroatoms. The smallest absolute Gasteiger partial charge is 0.314 e. The van der Waals surface area contributed by atoms with Crippen LogP contribution in [-0.4, -0.2) is 19.1 Å². The van der Waals surface area contributed by atoms with Crippen LogP contribution in [0.2, 0.25) is 0 Å². The molecule has 0 heterocycles. The van der Waals surface area contributed by atoms with Gasteiger partial charge in [-0.2, -0.15) is 13.2 Å². The predicted octanol–water partition coefficient (Wildman–Crippen LogP) is 3.18. The fraction of sp³-hybridized carbons (Fsp3) is 0.571. The van der Waals surface area contributed by atoms with E-state index < -0.39 is 11.7 Å². The highest BCUT2D eigenvalue weighted by molar-refractivity contribution is 5.25. The third kappa shape index (κ3) is 6.59. The minimum Gasteiger partial charge on any atom is -0.314 e. The van der Waals surface area contributed by atoms with Crippen LogP contribution in [0.4, 0.5) is 13.2 Å². The van der Waals surface area contributed by atoms with Gasteiger partial charge in [0, 0.05) is 12.6 Å². The van der Waals surface area contributed by atoms with E-state index in [2.05, 4.69) is 24.5 Å². The first kappa shape index (κ1) is 16.0. The molecule has 0 saturated carbocycles. The highest BCUT2D eigenvalue weighted by Gasteiger charge is 2.30. The number of benzene rings is 1. The van der Waals surface area contributed by atoms with Crippen molar-refractivity contribution in [1.29, 1.82) is 0 Å². The predicted molar refractivity (Wildman–Crippen MR) is 70.9 cm³/mol. The molecule has 0 aliphatic heterocycles. The van der Waals surface area contributed by atoms with Gasteiger partial charge in [-0.1, -0.05) is 32.0 Å². The summed E-state index contributed by atoms with van der Waals surface area (Å²) in [5.74, 6) is 0. The van der Waals surface area contributed by atoms with Gasteiger partial charge < -0.3 is 10.6 Å². The zero-order chi connectivity index (χ0) is 14.3. The van der Waals surface area contributed by atoms with Gasteiger partial charge >= 0.3 is 6.18 Å². The normalized spacial score (nSPS) is 12.1. The van der Waals surface area contributed by atoms with Gasteiger partial charge in [-0.25, -0.2) is 0 Å². The highest BCUT2D eigenvalue weighted by Crippen LogP contribution is 2.29. The molecule has 0 spiro atoms. The van der Waals surface area contributed by atoms with Crippen molar-refractivity contribution in [2.24, 2.45) is 0 Å². The molecule has 2 nitrogen and oxygen atoms in total. The Kier molecular flexibility index (Phi) is 6.31. The molecule has 1 rings (SSSR count). The molecule has 0 aromatic heterocycles. The molecule has 2 N–H and O–H groups in total. The fourth-order valence-electron chi connectivity index (χ4n) is 1.69. The van der Waals surface area contributed by atoms with Gasteiger partial charge in [-0.15, -0.1) is 0 Å². The maximum atomic E-state index is 12.5. The molecule has 1 aromatic rings. The van der Waals surface area contributed by atoms with E-state index in [1.54, 1.807) is 6.07 Å². The maximum absolute atomic E-state index is 12.5. The van der Waals surface area contributed by atoms with Crippen molar-refractivity contribution in [3.8, 4) is 0 Å². The molecule has 0 amide bonds. The third-order valence-electron chi connectivity index (χ3n) is 2.67. The SMILES string of the molecule is CC(C)NCCCNCc1cccc(C(F)(F)F)c1. The van der Waals surface area contributed by atoms with E-state index in [4.69, 9.17) is 0 Å². The molecule has 0 fully saturated rings. The first-order valence-electron chi connectivity index (χ1n) is 6.50. The van der Waals surface area contributed by atoms with Gasteiger partial charge in [-0.3, -0.25) is 0 Å². The van der Waals surface area contributed by atoms with Crippen molar-refractivity contribution in [2.75, 3.05) is 13.1 Å². The maximum Gasteiger partial charge on any atom is 0.416 e. The summed E-state index contributed by atoms with van der Waals surface area (Å²) in [6, 6.07) is 5.90. The topological polar surface area (TPSA) is 24.1 Å². The summed E-state index contributed by atoms with van der Waals surface area (Å²) in [6.45, 7) is 6.32. The van der Waals surface area contributed by atoms with Crippen LogP contribution in [-0.2, 0) is 12.7 Å². The van der Waals surface area contributed by atoms with Crippen LogP contribution in [0.25, 0.3) is 0 Å². The number of halogens is 3. The Bertz CT molecular complexity index is 375. The van der Waals surface area contributed by atoms with Crippen molar-refractivity contribution < 1.29 is 13.2 Å². The van der Waals surface area contributed by atoms with E-state index in [1.165, 1.54) is 12.1 Å². The number of hydrogen-bond donors (Lipinski definition) is 2. The second kappa shape index (κ2) is 7.50. The first-order valence-corrected chi connectivity index (χ1v) is 6.50. The summed E-state index contributed by atoms with van der Waals surface area (Å²) in [4.78, 5) is 0. The van der Waals surface area contributed by atoms with Crippen molar-refractivity contribution in [1.82, 2.24) is 10.6 Å². The summed E-state index contributed by atoms with van der Waals surface area (Å²) in [5.41, 5.74) is 0.0694. The average molecular weight is 274 g/mol. The summed E-state index contributed by atoms with van der Waals surface area (Å²) < 4.78 is 37.5. The molecule has 1 aromatic carbocycles. The lowest BCUT2D eigenvalue weighted by Gasteiger charge is -2.10. The van der Waals surface area contributed by atoms with E-state index >= 15 is 0 Å². The number of rotatable bonds is 7. The first-order chi connectivity index (χ1) is 8.89. The van der Waals surface area contributed by atoms with E-state index in [9.17, 15) is 13.2 Å². The molecular formula is C14H21F3N2. The van der Waals surface area contributed by atoms with Crippen LogP contribution in [0.5, 0.6) is 0 Å². The number of alkyl halides is 3. The Balaban J connectivity index is 2.30. The van der Waals surface area contributed by atoms with Crippen LogP contribution in [0.15, 0.2) is 24.3 Å². The monoisotopic (exact) mass is 274 g/mol. The fourth-order valence-corrected chi connectivity index (χ4v) is 1.69. The summed E-state index contributed by atoms with van der Waals surface area (Å²) in [6.07, 6.45) is -3.31. The van der Waals surface area contributed by atoms with E-state index in [0.29, 0.717) is 18.2 Å². The van der Waals surface area contributed by atoms with Gasteiger partial charge in [-0.05, 0) is 31.1 Å². The van der Waals surface area contributed by atoms with Gasteiger partial charge in [0.2, 0.25) is 0 Å². The molecule has 0 aliphatic carbocycles. The minimum atomic E-state index is -4.27. The average Bonchev–Trinajstić information content (AvgIpc) is 2.32. The Morgan fingerprint density at radius 2 is 1.89 bits per heavy atom. The van der Waals surface area contributed by atoms with Crippen LogP contribution in [0.1, 0.15) is 31.4 Å². The second-order valence-corrected chi connectivity index (χ2v) is 4.84. The lowest BCUT2D eigenvalue weighted by Crippen LogP contribution is -2.26.